The van der Waals surface area contributed by atoms with Crippen molar-refractivity contribution in [2.75, 3.05) is 13.7 Å². The number of nitrogens with zero attached hydrogens (tertiary/aromatic N) is 1. The van der Waals surface area contributed by atoms with E-state index < -0.39 is 11.9 Å². The van der Waals surface area contributed by atoms with Crippen molar-refractivity contribution >= 4 is 88.5 Å². The third kappa shape index (κ3) is 7.27. The van der Waals surface area contributed by atoms with Crippen LogP contribution in [0.3, 0.4) is 0 Å². The van der Waals surface area contributed by atoms with Gasteiger partial charge in [0.1, 0.15) is 5.75 Å². The Morgan fingerprint density at radius 2 is 1.74 bits per heavy atom. The molecule has 0 aliphatic carbocycles. The first-order chi connectivity index (χ1) is 16.3. The van der Waals surface area contributed by atoms with Crippen LogP contribution < -0.4 is 19.6 Å². The quantitative estimate of drug-likeness (QED) is 0.0953. The minimum atomic E-state index is -0.485. The number of hydrogen-bond donors (Lipinski definition) is 1. The number of nitrogens with one attached hydrogen (secondary N) is 1. The number of methoxy groups -OCH3 is 1. The van der Waals surface area contributed by atoms with E-state index >= 15 is 0 Å². The molecule has 0 fully saturated rings. The van der Waals surface area contributed by atoms with Gasteiger partial charge in [0.15, 0.2) is 18.1 Å². The number of benzene rings is 3. The molecule has 11 heteroatoms. The Bertz CT molecular complexity index is 1230. The van der Waals surface area contributed by atoms with E-state index in [0.717, 1.165) is 8.04 Å². The number of hydrazone groups is 1. The Balaban J connectivity index is 1.59. The fraction of sp³-hybridized carbons (Fsp3) is 0.0870. The summed E-state index contributed by atoms with van der Waals surface area (Å²) in [5.41, 5.74) is 3.49. The molecule has 0 bridgehead atoms. The highest BCUT2D eigenvalue weighted by Crippen LogP contribution is 2.36. The molecule has 1 N–H and O–H groups in total. The molecule has 0 saturated heterocycles. The zero-order chi connectivity index (χ0) is 24.7. The third-order valence-corrected chi connectivity index (χ3v) is 6.77. The Morgan fingerprint density at radius 3 is 2.41 bits per heavy atom. The van der Waals surface area contributed by atoms with Crippen LogP contribution >= 0.6 is 70.4 Å². The summed E-state index contributed by atoms with van der Waals surface area (Å²) in [4.78, 5) is 24.6. The van der Waals surface area contributed by atoms with Crippen molar-refractivity contribution in [2.24, 2.45) is 5.10 Å². The van der Waals surface area contributed by atoms with Crippen molar-refractivity contribution < 1.29 is 23.8 Å². The number of amides is 1. The molecule has 0 radical (unpaired) electrons. The molecule has 34 heavy (non-hydrogen) atoms. The molecule has 1 amide bonds. The van der Waals surface area contributed by atoms with Gasteiger partial charge in [-0.2, -0.15) is 5.10 Å². The molecule has 7 nitrogen and oxygen atoms in total. The Kier molecular flexibility index (Phi) is 9.92. The van der Waals surface area contributed by atoms with Crippen LogP contribution in [0.1, 0.15) is 15.9 Å². The van der Waals surface area contributed by atoms with Crippen LogP contribution in [0.5, 0.6) is 17.2 Å². The molecule has 3 aromatic rings. The number of carbonyl (C=O) groups excluding carboxylic acids is 2. The maximum atomic E-state index is 12.5. The summed E-state index contributed by atoms with van der Waals surface area (Å²) < 4.78 is 19.4. The first kappa shape index (κ1) is 26.6. The van der Waals surface area contributed by atoms with Crippen molar-refractivity contribution in [3.05, 3.63) is 82.7 Å². The van der Waals surface area contributed by atoms with E-state index in [-0.39, 0.29) is 12.4 Å². The summed E-state index contributed by atoms with van der Waals surface area (Å²) in [6, 6.07) is 15.7. The van der Waals surface area contributed by atoms with Gasteiger partial charge in [0.25, 0.3) is 5.91 Å². The predicted octanol–water partition coefficient (Wildman–Crippen LogP) is 6.34. The second-order valence-electron chi connectivity index (χ2n) is 6.56. The summed E-state index contributed by atoms with van der Waals surface area (Å²) in [6.07, 6.45) is 1.44. The molecule has 0 aliphatic rings. The first-order valence-corrected chi connectivity index (χ1v) is 13.0. The molecule has 176 valence electrons. The van der Waals surface area contributed by atoms with E-state index in [4.69, 9.17) is 14.2 Å². The van der Waals surface area contributed by atoms with Crippen LogP contribution in [-0.4, -0.2) is 31.8 Å². The highest BCUT2D eigenvalue weighted by atomic mass is 127. The van der Waals surface area contributed by atoms with Crippen LogP contribution in [0.4, 0.5) is 0 Å². The molecule has 0 heterocycles. The largest absolute Gasteiger partial charge is 0.493 e. The SMILES string of the molecule is COc1cc(/C=N/NC(=O)COc2c(Br)cc(Br)cc2Br)ccc1OC(=O)c1ccccc1I. The molecule has 0 aliphatic heterocycles. The minimum Gasteiger partial charge on any atom is -0.493 e. The number of rotatable bonds is 8. The maximum absolute atomic E-state index is 12.5. The van der Waals surface area contributed by atoms with Crippen molar-refractivity contribution in [2.45, 2.75) is 0 Å². The van der Waals surface area contributed by atoms with Crippen molar-refractivity contribution in [3.8, 4) is 17.2 Å². The molecular formula is C23H16Br3IN2O5. The second kappa shape index (κ2) is 12.7. The van der Waals surface area contributed by atoms with Crippen molar-refractivity contribution in [3.63, 3.8) is 0 Å². The number of ether oxygens (including phenoxy) is 3. The highest BCUT2D eigenvalue weighted by molar-refractivity contribution is 14.1. The van der Waals surface area contributed by atoms with Crippen LogP contribution in [0.2, 0.25) is 0 Å². The zero-order valence-electron chi connectivity index (χ0n) is 17.5. The summed E-state index contributed by atoms with van der Waals surface area (Å²) in [6.45, 7) is -0.229. The van der Waals surface area contributed by atoms with Gasteiger partial charge in [0.2, 0.25) is 0 Å². The van der Waals surface area contributed by atoms with Gasteiger partial charge in [0.05, 0.1) is 27.8 Å². The van der Waals surface area contributed by atoms with Gasteiger partial charge in [-0.15, -0.1) is 0 Å². The molecule has 3 aromatic carbocycles. The van der Waals surface area contributed by atoms with E-state index in [1.54, 1.807) is 30.3 Å². The lowest BCUT2D eigenvalue weighted by atomic mass is 10.2. The van der Waals surface area contributed by atoms with Crippen molar-refractivity contribution in [1.29, 1.82) is 0 Å². The molecule has 0 spiro atoms. The summed E-state index contributed by atoms with van der Waals surface area (Å²) >= 11 is 12.2. The fourth-order valence-electron chi connectivity index (χ4n) is 2.65. The molecule has 0 aromatic heterocycles. The Hall–Kier alpha value is -1.96. The molecule has 0 saturated carbocycles. The lowest BCUT2D eigenvalue weighted by Crippen LogP contribution is -2.24. The van der Waals surface area contributed by atoms with Gasteiger partial charge in [-0.3, -0.25) is 4.79 Å². The van der Waals surface area contributed by atoms with Crippen LogP contribution in [0.25, 0.3) is 0 Å². The average Bonchev–Trinajstić information content (AvgIpc) is 2.79. The smallest absolute Gasteiger partial charge is 0.344 e. The van der Waals surface area contributed by atoms with Gasteiger partial charge >= 0.3 is 5.97 Å². The highest BCUT2D eigenvalue weighted by Gasteiger charge is 2.15. The lowest BCUT2D eigenvalue weighted by Gasteiger charge is -2.11. The Labute approximate surface area is 234 Å². The zero-order valence-corrected chi connectivity index (χ0v) is 24.4. The van der Waals surface area contributed by atoms with Gasteiger partial charge < -0.3 is 14.2 Å². The summed E-state index contributed by atoms with van der Waals surface area (Å²) in [7, 11) is 1.47. The first-order valence-electron chi connectivity index (χ1n) is 9.52. The van der Waals surface area contributed by atoms with Gasteiger partial charge in [-0.25, -0.2) is 10.2 Å². The number of halogens is 4. The molecule has 3 rings (SSSR count). The Morgan fingerprint density at radius 1 is 1.03 bits per heavy atom. The third-order valence-electron chi connectivity index (χ3n) is 4.20. The standard InChI is InChI=1S/C23H16Br3IN2O5/c1-32-20-8-13(6-7-19(20)34-23(31)15-4-2-3-5-18(15)27)11-28-29-21(30)12-33-22-16(25)9-14(24)10-17(22)26/h2-11H,12H2,1H3,(H,29,30)/b28-11+. The predicted molar refractivity (Wildman–Crippen MR) is 148 cm³/mol. The number of carbonyl (C=O) groups is 2. The average molecular weight is 767 g/mol. The summed E-state index contributed by atoms with van der Waals surface area (Å²) in [5, 5.41) is 3.94. The van der Waals surface area contributed by atoms with Crippen LogP contribution in [-0.2, 0) is 4.79 Å². The lowest BCUT2D eigenvalue weighted by molar-refractivity contribution is -0.123. The van der Waals surface area contributed by atoms with Crippen LogP contribution in [0.15, 0.2) is 73.1 Å². The van der Waals surface area contributed by atoms with E-state index in [1.165, 1.54) is 13.3 Å². The number of hydrogen-bond acceptors (Lipinski definition) is 6. The normalized spacial score (nSPS) is 10.7. The van der Waals surface area contributed by atoms with Crippen molar-refractivity contribution in [1.82, 2.24) is 5.43 Å². The minimum absolute atomic E-state index is 0.229. The van der Waals surface area contributed by atoms with Gasteiger partial charge in [-0.05, 0) is 102 Å². The topological polar surface area (TPSA) is 86.2 Å². The summed E-state index contributed by atoms with van der Waals surface area (Å²) in [5.74, 6) is 0.201. The van der Waals surface area contributed by atoms with Crippen LogP contribution in [0, 0.1) is 3.57 Å². The fourth-order valence-corrected chi connectivity index (χ4v) is 5.74. The second-order valence-corrected chi connectivity index (χ2v) is 10.3. The van der Waals surface area contributed by atoms with E-state index in [1.807, 2.05) is 24.3 Å². The molecular weight excluding hydrogens is 751 g/mol. The van der Waals surface area contributed by atoms with E-state index in [2.05, 4.69) is 80.9 Å². The monoisotopic (exact) mass is 764 g/mol. The number of esters is 1. The van der Waals surface area contributed by atoms with E-state index in [0.29, 0.717) is 31.6 Å². The maximum Gasteiger partial charge on any atom is 0.344 e. The van der Waals surface area contributed by atoms with Gasteiger partial charge in [0, 0.05) is 8.04 Å². The molecule has 0 atom stereocenters. The van der Waals surface area contributed by atoms with E-state index in [9.17, 15) is 9.59 Å². The molecule has 0 unspecified atom stereocenters. The van der Waals surface area contributed by atoms with Gasteiger partial charge in [-0.1, -0.05) is 28.1 Å².